The number of amides is 1. The van der Waals surface area contributed by atoms with Crippen LogP contribution in [-0.2, 0) is 14.3 Å². The van der Waals surface area contributed by atoms with Crippen molar-refractivity contribution in [3.8, 4) is 0 Å². The molecule has 1 aliphatic heterocycles. The zero-order valence-corrected chi connectivity index (χ0v) is 13.4. The van der Waals surface area contributed by atoms with Crippen LogP contribution < -0.4 is 5.32 Å². The van der Waals surface area contributed by atoms with E-state index >= 15 is 0 Å². The Morgan fingerprint density at radius 2 is 2.09 bits per heavy atom. The van der Waals surface area contributed by atoms with Crippen LogP contribution in [0.5, 0.6) is 0 Å². The van der Waals surface area contributed by atoms with Gasteiger partial charge in [-0.1, -0.05) is 11.6 Å². The average molecular weight is 325 g/mol. The van der Waals surface area contributed by atoms with Gasteiger partial charge in [0, 0.05) is 17.3 Å². The molecule has 1 amide bonds. The highest BCUT2D eigenvalue weighted by atomic mass is 35.5. The third kappa shape index (κ3) is 5.00. The van der Waals surface area contributed by atoms with Gasteiger partial charge in [-0.15, -0.1) is 0 Å². The largest absolute Gasteiger partial charge is 0.466 e. The van der Waals surface area contributed by atoms with Crippen molar-refractivity contribution in [3.63, 3.8) is 0 Å². The molecule has 1 aromatic rings. The van der Waals surface area contributed by atoms with Crippen molar-refractivity contribution < 1.29 is 14.3 Å². The van der Waals surface area contributed by atoms with Gasteiger partial charge >= 0.3 is 5.97 Å². The number of nitrogens with zero attached hydrogens (tertiary/aromatic N) is 1. The third-order valence-corrected chi connectivity index (χ3v) is 3.87. The number of carbonyl (C=O) groups is 2. The van der Waals surface area contributed by atoms with E-state index in [1.165, 1.54) is 0 Å². The fraction of sp³-hybridized carbons (Fsp3) is 0.500. The number of esters is 1. The van der Waals surface area contributed by atoms with E-state index in [1.807, 2.05) is 4.90 Å². The van der Waals surface area contributed by atoms with Crippen LogP contribution in [0.25, 0.3) is 0 Å². The highest BCUT2D eigenvalue weighted by Crippen LogP contribution is 2.18. The molecule has 22 heavy (non-hydrogen) atoms. The topological polar surface area (TPSA) is 58.6 Å². The maximum absolute atomic E-state index is 12.1. The standard InChI is InChI=1S/C16H21ClN2O3/c1-2-22-16(21)12-4-3-9-19(10-12)11-15(20)18-14-7-5-13(17)6-8-14/h5-8,12H,2-4,9-11H2,1H3,(H,18,20). The number of halogens is 1. The maximum Gasteiger partial charge on any atom is 0.310 e. The Labute approximate surface area is 135 Å². The lowest BCUT2D eigenvalue weighted by Crippen LogP contribution is -2.43. The summed E-state index contributed by atoms with van der Waals surface area (Å²) in [5, 5.41) is 3.46. The minimum atomic E-state index is -0.162. The molecule has 1 N–H and O–H groups in total. The van der Waals surface area contributed by atoms with Gasteiger partial charge in [0.1, 0.15) is 0 Å². The number of piperidine rings is 1. The zero-order chi connectivity index (χ0) is 15.9. The summed E-state index contributed by atoms with van der Waals surface area (Å²) in [4.78, 5) is 25.9. The molecule has 1 heterocycles. The Morgan fingerprint density at radius 1 is 1.36 bits per heavy atom. The first-order chi connectivity index (χ1) is 10.6. The minimum Gasteiger partial charge on any atom is -0.466 e. The smallest absolute Gasteiger partial charge is 0.310 e. The number of rotatable bonds is 5. The van der Waals surface area contributed by atoms with Crippen LogP contribution in [0.15, 0.2) is 24.3 Å². The van der Waals surface area contributed by atoms with Crippen LogP contribution in [0.1, 0.15) is 19.8 Å². The van der Waals surface area contributed by atoms with Gasteiger partial charge < -0.3 is 10.1 Å². The quantitative estimate of drug-likeness (QED) is 0.846. The maximum atomic E-state index is 12.1. The van der Waals surface area contributed by atoms with Gasteiger partial charge in [0.05, 0.1) is 19.1 Å². The molecular weight excluding hydrogens is 304 g/mol. The first kappa shape index (κ1) is 16.8. The molecule has 5 nitrogen and oxygen atoms in total. The predicted molar refractivity (Wildman–Crippen MR) is 85.9 cm³/mol. The number of carbonyl (C=O) groups excluding carboxylic acids is 2. The lowest BCUT2D eigenvalue weighted by Gasteiger charge is -2.30. The Kier molecular flexibility index (Phi) is 6.21. The molecule has 0 bridgehead atoms. The number of hydrogen-bond acceptors (Lipinski definition) is 4. The Balaban J connectivity index is 1.83. The highest BCUT2D eigenvalue weighted by Gasteiger charge is 2.27. The lowest BCUT2D eigenvalue weighted by atomic mass is 9.98. The van der Waals surface area contributed by atoms with Crippen LogP contribution in [-0.4, -0.2) is 43.0 Å². The molecule has 120 valence electrons. The summed E-state index contributed by atoms with van der Waals surface area (Å²) < 4.78 is 5.06. The fourth-order valence-electron chi connectivity index (χ4n) is 2.59. The number of benzene rings is 1. The summed E-state index contributed by atoms with van der Waals surface area (Å²) >= 11 is 5.81. The summed E-state index contributed by atoms with van der Waals surface area (Å²) in [7, 11) is 0. The van der Waals surface area contributed by atoms with Gasteiger partial charge in [-0.25, -0.2) is 0 Å². The second-order valence-corrected chi connectivity index (χ2v) is 5.82. The van der Waals surface area contributed by atoms with Gasteiger partial charge in [-0.3, -0.25) is 14.5 Å². The zero-order valence-electron chi connectivity index (χ0n) is 12.7. The molecule has 1 aliphatic rings. The van der Waals surface area contributed by atoms with Crippen LogP contribution in [0.3, 0.4) is 0 Å². The van der Waals surface area contributed by atoms with Gasteiger partial charge in [0.25, 0.3) is 0 Å². The fourth-order valence-corrected chi connectivity index (χ4v) is 2.71. The first-order valence-electron chi connectivity index (χ1n) is 7.53. The van der Waals surface area contributed by atoms with Crippen molar-refractivity contribution in [3.05, 3.63) is 29.3 Å². The number of anilines is 1. The second kappa shape index (κ2) is 8.15. The van der Waals surface area contributed by atoms with E-state index in [0.29, 0.717) is 23.9 Å². The number of hydrogen-bond donors (Lipinski definition) is 1. The Hall–Kier alpha value is -1.59. The lowest BCUT2D eigenvalue weighted by molar-refractivity contribution is -0.150. The summed E-state index contributed by atoms with van der Waals surface area (Å²) in [6.07, 6.45) is 1.73. The minimum absolute atomic E-state index is 0.0909. The first-order valence-corrected chi connectivity index (χ1v) is 7.90. The van der Waals surface area contributed by atoms with E-state index in [9.17, 15) is 9.59 Å². The van der Waals surface area contributed by atoms with Crippen LogP contribution in [0, 0.1) is 5.92 Å². The third-order valence-electron chi connectivity index (χ3n) is 3.62. The normalized spacial score (nSPS) is 18.7. The molecule has 0 spiro atoms. The van der Waals surface area contributed by atoms with Crippen molar-refractivity contribution in [1.82, 2.24) is 4.90 Å². The second-order valence-electron chi connectivity index (χ2n) is 5.38. The van der Waals surface area contributed by atoms with E-state index < -0.39 is 0 Å². The SMILES string of the molecule is CCOC(=O)C1CCCN(CC(=O)Nc2ccc(Cl)cc2)C1. The van der Waals surface area contributed by atoms with E-state index in [0.717, 1.165) is 19.4 Å². The number of likely N-dealkylation sites (tertiary alicyclic amines) is 1. The van der Waals surface area contributed by atoms with Crippen molar-refractivity contribution in [2.24, 2.45) is 5.92 Å². The van der Waals surface area contributed by atoms with Crippen molar-refractivity contribution in [2.45, 2.75) is 19.8 Å². The summed E-state index contributed by atoms with van der Waals surface area (Å²) in [6, 6.07) is 6.99. The molecule has 0 saturated carbocycles. The van der Waals surface area contributed by atoms with Crippen LogP contribution in [0.2, 0.25) is 5.02 Å². The van der Waals surface area contributed by atoms with Gasteiger partial charge in [0.15, 0.2) is 0 Å². The van der Waals surface area contributed by atoms with Crippen molar-refractivity contribution in [1.29, 1.82) is 0 Å². The van der Waals surface area contributed by atoms with Gasteiger partial charge in [-0.2, -0.15) is 0 Å². The molecule has 1 saturated heterocycles. The number of ether oxygens (including phenoxy) is 1. The average Bonchev–Trinajstić information content (AvgIpc) is 2.50. The molecule has 0 aliphatic carbocycles. The summed E-state index contributed by atoms with van der Waals surface area (Å²) in [5.41, 5.74) is 0.716. The summed E-state index contributed by atoms with van der Waals surface area (Å²) in [6.45, 7) is 3.87. The molecule has 0 aromatic heterocycles. The summed E-state index contributed by atoms with van der Waals surface area (Å²) in [5.74, 6) is -0.380. The van der Waals surface area contributed by atoms with Gasteiger partial charge in [0.2, 0.25) is 5.91 Å². The molecular formula is C16H21ClN2O3. The molecule has 1 aromatic carbocycles. The number of nitrogens with one attached hydrogen (secondary N) is 1. The molecule has 6 heteroatoms. The van der Waals surface area contributed by atoms with Crippen molar-refractivity contribution >= 4 is 29.2 Å². The van der Waals surface area contributed by atoms with Gasteiger partial charge in [-0.05, 0) is 50.6 Å². The van der Waals surface area contributed by atoms with Crippen LogP contribution >= 0.6 is 11.6 Å². The Morgan fingerprint density at radius 3 is 2.77 bits per heavy atom. The van der Waals surface area contributed by atoms with Crippen molar-refractivity contribution in [2.75, 3.05) is 31.6 Å². The van der Waals surface area contributed by atoms with E-state index in [-0.39, 0.29) is 24.3 Å². The molecule has 1 unspecified atom stereocenters. The molecule has 1 fully saturated rings. The van der Waals surface area contributed by atoms with Crippen LogP contribution in [0.4, 0.5) is 5.69 Å². The Bertz CT molecular complexity index is 519. The molecule has 1 atom stereocenters. The molecule has 0 radical (unpaired) electrons. The van der Waals surface area contributed by atoms with E-state index in [1.54, 1.807) is 31.2 Å². The molecule has 2 rings (SSSR count). The van der Waals surface area contributed by atoms with E-state index in [2.05, 4.69) is 5.32 Å². The highest BCUT2D eigenvalue weighted by molar-refractivity contribution is 6.30. The predicted octanol–water partition coefficient (Wildman–Crippen LogP) is 2.55. The van der Waals surface area contributed by atoms with E-state index in [4.69, 9.17) is 16.3 Å². The monoisotopic (exact) mass is 324 g/mol.